The smallest absolute Gasteiger partial charge is 0.131 e. The molecule has 0 aliphatic heterocycles. The van der Waals surface area contributed by atoms with Crippen molar-refractivity contribution in [1.29, 1.82) is 0 Å². The van der Waals surface area contributed by atoms with Gasteiger partial charge in [-0.15, -0.1) is 0 Å². The first-order valence-corrected chi connectivity index (χ1v) is 5.92. The number of rotatable bonds is 5. The minimum absolute atomic E-state index is 0.0418. The lowest BCUT2D eigenvalue weighted by atomic mass is 10.2. The first-order valence-electron chi connectivity index (χ1n) is 5.92. The number of aliphatic hydroxyl groups is 1. The van der Waals surface area contributed by atoms with Gasteiger partial charge in [0.15, 0.2) is 0 Å². The summed E-state index contributed by atoms with van der Waals surface area (Å²) in [5.41, 5.74) is 0.866. The zero-order valence-corrected chi connectivity index (χ0v) is 10.3. The summed E-state index contributed by atoms with van der Waals surface area (Å²) in [6.45, 7) is 2.62. The Kier molecular flexibility index (Phi) is 4.20. The molecule has 1 N–H and O–H groups in total. The highest BCUT2D eigenvalue weighted by molar-refractivity contribution is 5.37. The predicted octanol–water partition coefficient (Wildman–Crippen LogP) is 3.37. The highest BCUT2D eigenvalue weighted by Gasteiger charge is 2.00. The second kappa shape index (κ2) is 6.07. The summed E-state index contributed by atoms with van der Waals surface area (Å²) in [6.07, 6.45) is 0. The van der Waals surface area contributed by atoms with Gasteiger partial charge in [0.05, 0.1) is 13.2 Å². The van der Waals surface area contributed by atoms with Crippen molar-refractivity contribution in [2.45, 2.75) is 13.5 Å². The summed E-state index contributed by atoms with van der Waals surface area (Å²) in [5.74, 6) is 2.26. The van der Waals surface area contributed by atoms with Crippen LogP contribution in [0.2, 0.25) is 0 Å². The van der Waals surface area contributed by atoms with Crippen LogP contribution in [0.4, 0.5) is 0 Å². The second-order valence-corrected chi connectivity index (χ2v) is 3.81. The summed E-state index contributed by atoms with van der Waals surface area (Å²) in [7, 11) is 0. The van der Waals surface area contributed by atoms with Crippen LogP contribution in [0.15, 0.2) is 48.5 Å². The standard InChI is InChI=1S/C15H16O3/c1-2-17-14-4-3-5-15(10-14)18-13-8-6-12(11-16)7-9-13/h3-10,16H,2,11H2,1H3. The van der Waals surface area contributed by atoms with Gasteiger partial charge in [0.25, 0.3) is 0 Å². The zero-order valence-electron chi connectivity index (χ0n) is 10.3. The molecule has 0 spiro atoms. The molecule has 18 heavy (non-hydrogen) atoms. The van der Waals surface area contributed by atoms with E-state index in [9.17, 15) is 0 Å². The number of hydrogen-bond acceptors (Lipinski definition) is 3. The Morgan fingerprint density at radius 3 is 2.33 bits per heavy atom. The van der Waals surface area contributed by atoms with E-state index < -0.39 is 0 Å². The molecule has 94 valence electrons. The maximum absolute atomic E-state index is 8.96. The third kappa shape index (κ3) is 3.25. The highest BCUT2D eigenvalue weighted by atomic mass is 16.5. The first kappa shape index (κ1) is 12.5. The van der Waals surface area contributed by atoms with Gasteiger partial charge < -0.3 is 14.6 Å². The van der Waals surface area contributed by atoms with Crippen LogP contribution < -0.4 is 9.47 Å². The van der Waals surface area contributed by atoms with E-state index in [0.717, 1.165) is 22.8 Å². The summed E-state index contributed by atoms with van der Waals surface area (Å²) >= 11 is 0. The van der Waals surface area contributed by atoms with Crippen molar-refractivity contribution >= 4 is 0 Å². The third-order valence-corrected chi connectivity index (χ3v) is 2.46. The van der Waals surface area contributed by atoms with Crippen molar-refractivity contribution < 1.29 is 14.6 Å². The van der Waals surface area contributed by atoms with Crippen LogP contribution in [0.5, 0.6) is 17.2 Å². The Bertz CT molecular complexity index is 491. The van der Waals surface area contributed by atoms with E-state index >= 15 is 0 Å². The molecule has 0 bridgehead atoms. The monoisotopic (exact) mass is 244 g/mol. The average molecular weight is 244 g/mol. The van der Waals surface area contributed by atoms with Crippen LogP contribution >= 0.6 is 0 Å². The van der Waals surface area contributed by atoms with E-state index in [1.54, 1.807) is 0 Å². The number of benzene rings is 2. The molecule has 2 rings (SSSR count). The molecular formula is C15H16O3. The third-order valence-electron chi connectivity index (χ3n) is 2.46. The van der Waals surface area contributed by atoms with E-state index in [4.69, 9.17) is 14.6 Å². The van der Waals surface area contributed by atoms with Crippen LogP contribution in [-0.2, 0) is 6.61 Å². The molecule has 3 nitrogen and oxygen atoms in total. The Labute approximate surface area is 107 Å². The minimum Gasteiger partial charge on any atom is -0.494 e. The van der Waals surface area contributed by atoms with Gasteiger partial charge >= 0.3 is 0 Å². The summed E-state index contributed by atoms with van der Waals surface area (Å²) in [4.78, 5) is 0. The van der Waals surface area contributed by atoms with Crippen LogP contribution in [0.3, 0.4) is 0 Å². The van der Waals surface area contributed by atoms with Crippen molar-refractivity contribution in [3.63, 3.8) is 0 Å². The molecule has 0 heterocycles. The molecular weight excluding hydrogens is 228 g/mol. The van der Waals surface area contributed by atoms with E-state index in [1.807, 2.05) is 55.5 Å². The molecule has 0 aliphatic carbocycles. The van der Waals surface area contributed by atoms with Gasteiger partial charge in [0.2, 0.25) is 0 Å². The van der Waals surface area contributed by atoms with Crippen molar-refractivity contribution in [3.8, 4) is 17.2 Å². The zero-order chi connectivity index (χ0) is 12.8. The summed E-state index contributed by atoms with van der Waals surface area (Å²) in [5, 5.41) is 8.96. The Hall–Kier alpha value is -2.00. The molecule has 0 radical (unpaired) electrons. The van der Waals surface area contributed by atoms with Gasteiger partial charge in [0.1, 0.15) is 17.2 Å². The molecule has 2 aromatic rings. The quantitative estimate of drug-likeness (QED) is 0.876. The van der Waals surface area contributed by atoms with Crippen LogP contribution in [0.25, 0.3) is 0 Å². The van der Waals surface area contributed by atoms with Crippen molar-refractivity contribution in [2.75, 3.05) is 6.61 Å². The largest absolute Gasteiger partial charge is 0.494 e. The van der Waals surface area contributed by atoms with E-state index in [2.05, 4.69) is 0 Å². The van der Waals surface area contributed by atoms with Crippen LogP contribution in [-0.4, -0.2) is 11.7 Å². The van der Waals surface area contributed by atoms with Crippen molar-refractivity contribution in [2.24, 2.45) is 0 Å². The molecule has 0 saturated heterocycles. The van der Waals surface area contributed by atoms with Gasteiger partial charge in [-0.05, 0) is 36.8 Å². The number of hydrogen-bond donors (Lipinski definition) is 1. The van der Waals surface area contributed by atoms with E-state index in [1.165, 1.54) is 0 Å². The lowest BCUT2D eigenvalue weighted by Crippen LogP contribution is -1.92. The Morgan fingerprint density at radius 2 is 1.67 bits per heavy atom. The summed E-state index contributed by atoms with van der Waals surface area (Å²) < 4.78 is 11.1. The second-order valence-electron chi connectivity index (χ2n) is 3.81. The molecule has 0 fully saturated rings. The predicted molar refractivity (Wildman–Crippen MR) is 70.0 cm³/mol. The van der Waals surface area contributed by atoms with Crippen molar-refractivity contribution in [1.82, 2.24) is 0 Å². The average Bonchev–Trinajstić information content (AvgIpc) is 2.40. The maximum Gasteiger partial charge on any atom is 0.131 e. The molecule has 0 unspecified atom stereocenters. The number of ether oxygens (including phenoxy) is 2. The van der Waals surface area contributed by atoms with Gasteiger partial charge in [-0.2, -0.15) is 0 Å². The van der Waals surface area contributed by atoms with Crippen LogP contribution in [0, 0.1) is 0 Å². The number of aliphatic hydroxyl groups excluding tert-OH is 1. The van der Waals surface area contributed by atoms with Gasteiger partial charge in [-0.1, -0.05) is 18.2 Å². The summed E-state index contributed by atoms with van der Waals surface area (Å²) in [6, 6.07) is 14.8. The van der Waals surface area contributed by atoms with E-state index in [0.29, 0.717) is 6.61 Å². The Balaban J connectivity index is 2.09. The fourth-order valence-corrected chi connectivity index (χ4v) is 1.59. The molecule has 0 amide bonds. The fourth-order valence-electron chi connectivity index (χ4n) is 1.59. The highest BCUT2D eigenvalue weighted by Crippen LogP contribution is 2.25. The molecule has 0 saturated carbocycles. The molecule has 0 aliphatic rings. The van der Waals surface area contributed by atoms with E-state index in [-0.39, 0.29) is 6.61 Å². The fraction of sp³-hybridized carbons (Fsp3) is 0.200. The van der Waals surface area contributed by atoms with Crippen LogP contribution in [0.1, 0.15) is 12.5 Å². The topological polar surface area (TPSA) is 38.7 Å². The maximum atomic E-state index is 8.96. The lowest BCUT2D eigenvalue weighted by Gasteiger charge is -2.08. The molecule has 0 atom stereocenters. The SMILES string of the molecule is CCOc1cccc(Oc2ccc(CO)cc2)c1. The minimum atomic E-state index is 0.0418. The molecule has 2 aromatic carbocycles. The van der Waals surface area contributed by atoms with Gasteiger partial charge in [-0.3, -0.25) is 0 Å². The lowest BCUT2D eigenvalue weighted by molar-refractivity contribution is 0.281. The van der Waals surface area contributed by atoms with Crippen molar-refractivity contribution in [3.05, 3.63) is 54.1 Å². The first-order chi connectivity index (χ1) is 8.81. The normalized spacial score (nSPS) is 10.1. The van der Waals surface area contributed by atoms with Gasteiger partial charge in [-0.25, -0.2) is 0 Å². The molecule has 0 aromatic heterocycles. The van der Waals surface area contributed by atoms with Gasteiger partial charge in [0, 0.05) is 6.07 Å². The molecule has 3 heteroatoms. The Morgan fingerprint density at radius 1 is 0.944 bits per heavy atom.